The number of unbranched alkanes of at least 4 members (excludes halogenated alkanes) is 1. The summed E-state index contributed by atoms with van der Waals surface area (Å²) in [6, 6.07) is 19.1. The number of likely N-dealkylation sites (tertiary alicyclic amines) is 1. The van der Waals surface area contributed by atoms with Crippen molar-refractivity contribution in [1.82, 2.24) is 29.3 Å². The second-order valence-electron chi connectivity index (χ2n) is 10.5. The van der Waals surface area contributed by atoms with E-state index in [4.69, 9.17) is 10.8 Å². The van der Waals surface area contributed by atoms with E-state index in [1.54, 1.807) is 6.33 Å². The molecule has 1 fully saturated rings. The van der Waals surface area contributed by atoms with Gasteiger partial charge < -0.3 is 10.6 Å². The average Bonchev–Trinajstić information content (AvgIpc) is 3.48. The normalized spacial score (nSPS) is 16.6. The first-order valence-electron chi connectivity index (χ1n) is 13.5. The molecule has 4 heterocycles. The average molecular weight is 494 g/mol. The fourth-order valence-corrected chi connectivity index (χ4v) is 5.75. The zero-order valence-corrected chi connectivity index (χ0v) is 21.6. The largest absolute Gasteiger partial charge is 0.382 e. The predicted octanol–water partition coefficient (Wildman–Crippen LogP) is 5.43. The minimum atomic E-state index is 0.508. The van der Waals surface area contributed by atoms with Crippen molar-refractivity contribution in [3.05, 3.63) is 78.4 Å². The van der Waals surface area contributed by atoms with Crippen molar-refractivity contribution < 1.29 is 0 Å². The number of piperidine rings is 1. The van der Waals surface area contributed by atoms with Crippen molar-refractivity contribution in [2.75, 3.05) is 25.4 Å². The summed E-state index contributed by atoms with van der Waals surface area (Å²) in [6.45, 7) is 6.79. The number of hydrogen-bond acceptors (Lipinski definition) is 5. The van der Waals surface area contributed by atoms with Crippen LogP contribution in [0.2, 0.25) is 0 Å². The van der Waals surface area contributed by atoms with Crippen molar-refractivity contribution in [2.45, 2.75) is 45.6 Å². The van der Waals surface area contributed by atoms with Crippen molar-refractivity contribution in [2.24, 2.45) is 5.92 Å². The van der Waals surface area contributed by atoms with E-state index in [0.717, 1.165) is 52.9 Å². The quantitative estimate of drug-likeness (QED) is 0.292. The molecular weight excluding hydrogens is 458 g/mol. The highest BCUT2D eigenvalue weighted by Gasteiger charge is 2.18. The van der Waals surface area contributed by atoms with Gasteiger partial charge >= 0.3 is 0 Å². The van der Waals surface area contributed by atoms with Crippen molar-refractivity contribution >= 4 is 22.2 Å². The number of rotatable bonds is 8. The number of nitrogens with two attached hydrogens (primary N) is 1. The smallest absolute Gasteiger partial charge is 0.151 e. The number of fused-ring (bicyclic) bond motifs is 2. The lowest BCUT2D eigenvalue weighted by atomic mass is 10.00. The molecule has 7 nitrogen and oxygen atoms in total. The van der Waals surface area contributed by atoms with Gasteiger partial charge in [0, 0.05) is 29.4 Å². The Morgan fingerprint density at radius 1 is 1.05 bits per heavy atom. The molecule has 2 aromatic carbocycles. The number of aromatic nitrogens is 5. The van der Waals surface area contributed by atoms with Gasteiger partial charge in [0.15, 0.2) is 5.82 Å². The molecule has 0 radical (unpaired) electrons. The third-order valence-electron chi connectivity index (χ3n) is 7.61. The first kappa shape index (κ1) is 23.7. The van der Waals surface area contributed by atoms with Crippen LogP contribution < -0.4 is 5.73 Å². The Morgan fingerprint density at radius 2 is 1.95 bits per heavy atom. The molecule has 1 unspecified atom stereocenters. The number of benzene rings is 2. The molecule has 6 rings (SSSR count). The molecule has 3 aromatic heterocycles. The van der Waals surface area contributed by atoms with E-state index < -0.39 is 0 Å². The Balaban J connectivity index is 1.23. The fraction of sp³-hybridized carbons (Fsp3) is 0.367. The summed E-state index contributed by atoms with van der Waals surface area (Å²) in [7, 11) is 0. The van der Waals surface area contributed by atoms with Gasteiger partial charge in [0.05, 0.1) is 12.1 Å². The zero-order chi connectivity index (χ0) is 25.2. The summed E-state index contributed by atoms with van der Waals surface area (Å²) < 4.78 is 3.99. The van der Waals surface area contributed by atoms with Crippen LogP contribution in [-0.2, 0) is 13.0 Å². The van der Waals surface area contributed by atoms with E-state index in [0.29, 0.717) is 5.82 Å². The number of aryl methyl sites for hydroxylation is 1. The lowest BCUT2D eigenvalue weighted by Gasteiger charge is -2.30. The minimum absolute atomic E-state index is 0.508. The predicted molar refractivity (Wildman–Crippen MR) is 149 cm³/mol. The van der Waals surface area contributed by atoms with E-state index in [1.165, 1.54) is 50.2 Å². The number of hydrogen-bond donors (Lipinski definition) is 1. The first-order chi connectivity index (χ1) is 18.1. The van der Waals surface area contributed by atoms with Crippen molar-refractivity contribution in [3.8, 4) is 11.1 Å². The Morgan fingerprint density at radius 3 is 2.81 bits per heavy atom. The molecule has 2 N–H and O–H groups in total. The Bertz CT molecular complexity index is 1500. The molecule has 1 aliphatic rings. The van der Waals surface area contributed by atoms with Crippen LogP contribution in [0.1, 0.15) is 43.9 Å². The standard InChI is InChI=1S/C30H35N7/c1-22-8-7-15-35(18-22)14-6-5-11-26-17-27(29-30(31)32-21-33-37(26)29)24-12-13-25-20-36(34-28(25)16-24)19-23-9-3-2-4-10-23/h2-4,9-10,12-13,16-17,20-22H,5-8,11,14-15,18-19H2,1H3,(H2,31,32,33). The molecule has 190 valence electrons. The third kappa shape index (κ3) is 5.09. The van der Waals surface area contributed by atoms with Gasteiger partial charge in [-0.2, -0.15) is 10.2 Å². The van der Waals surface area contributed by atoms with Crippen LogP contribution in [-0.4, -0.2) is 48.9 Å². The molecule has 0 spiro atoms. The van der Waals surface area contributed by atoms with Gasteiger partial charge in [-0.25, -0.2) is 9.50 Å². The van der Waals surface area contributed by atoms with Gasteiger partial charge in [-0.1, -0.05) is 49.4 Å². The number of anilines is 1. The van der Waals surface area contributed by atoms with Gasteiger partial charge in [-0.15, -0.1) is 0 Å². The topological polar surface area (TPSA) is 77.3 Å². The number of nitrogen functional groups attached to an aromatic ring is 1. The summed E-state index contributed by atoms with van der Waals surface area (Å²) in [5.74, 6) is 1.33. The van der Waals surface area contributed by atoms with E-state index in [9.17, 15) is 0 Å². The summed E-state index contributed by atoms with van der Waals surface area (Å²) in [6.07, 6.45) is 9.66. The monoisotopic (exact) mass is 493 g/mol. The van der Waals surface area contributed by atoms with Crippen LogP contribution in [0.25, 0.3) is 27.5 Å². The molecule has 5 aromatic rings. The van der Waals surface area contributed by atoms with E-state index in [2.05, 4.69) is 76.6 Å². The maximum absolute atomic E-state index is 6.38. The molecule has 0 saturated carbocycles. The summed E-state index contributed by atoms with van der Waals surface area (Å²) in [4.78, 5) is 6.93. The highest BCUT2D eigenvalue weighted by atomic mass is 15.3. The van der Waals surface area contributed by atoms with E-state index in [-0.39, 0.29) is 0 Å². The maximum Gasteiger partial charge on any atom is 0.151 e. The van der Waals surface area contributed by atoms with Gasteiger partial charge in [-0.05, 0) is 74.4 Å². The third-order valence-corrected chi connectivity index (χ3v) is 7.61. The Labute approximate surface area is 217 Å². The van der Waals surface area contributed by atoms with Crippen LogP contribution in [0.15, 0.2) is 67.1 Å². The molecule has 1 saturated heterocycles. The maximum atomic E-state index is 6.38. The van der Waals surface area contributed by atoms with Crippen LogP contribution in [0.4, 0.5) is 5.82 Å². The van der Waals surface area contributed by atoms with Gasteiger partial charge in [0.25, 0.3) is 0 Å². The van der Waals surface area contributed by atoms with Gasteiger partial charge in [0.1, 0.15) is 11.8 Å². The molecule has 1 aliphatic heterocycles. The summed E-state index contributed by atoms with van der Waals surface area (Å²) in [5, 5.41) is 10.6. The zero-order valence-electron chi connectivity index (χ0n) is 21.6. The lowest BCUT2D eigenvalue weighted by Crippen LogP contribution is -2.34. The minimum Gasteiger partial charge on any atom is -0.382 e. The van der Waals surface area contributed by atoms with Crippen LogP contribution in [0.3, 0.4) is 0 Å². The molecule has 0 aliphatic carbocycles. The molecule has 7 heteroatoms. The molecule has 37 heavy (non-hydrogen) atoms. The second-order valence-corrected chi connectivity index (χ2v) is 10.5. The molecular formula is C30H35N7. The summed E-state index contributed by atoms with van der Waals surface area (Å²) >= 11 is 0. The first-order valence-corrected chi connectivity index (χ1v) is 13.5. The lowest BCUT2D eigenvalue weighted by molar-refractivity contribution is 0.181. The van der Waals surface area contributed by atoms with E-state index in [1.807, 2.05) is 15.3 Å². The van der Waals surface area contributed by atoms with Gasteiger partial charge in [0.2, 0.25) is 0 Å². The highest BCUT2D eigenvalue weighted by Crippen LogP contribution is 2.32. The SMILES string of the molecule is CC1CCCN(CCCCc2cc(-c3ccc4cn(Cc5ccccc5)nc4c3)c3c(N)ncnn23)C1. The molecule has 0 bridgehead atoms. The van der Waals surface area contributed by atoms with Gasteiger partial charge in [-0.3, -0.25) is 4.68 Å². The van der Waals surface area contributed by atoms with Crippen LogP contribution in [0, 0.1) is 5.92 Å². The van der Waals surface area contributed by atoms with Crippen molar-refractivity contribution in [1.29, 1.82) is 0 Å². The fourth-order valence-electron chi connectivity index (χ4n) is 5.75. The van der Waals surface area contributed by atoms with E-state index >= 15 is 0 Å². The van der Waals surface area contributed by atoms with Crippen LogP contribution in [0.5, 0.6) is 0 Å². The molecule has 0 amide bonds. The highest BCUT2D eigenvalue weighted by molar-refractivity contribution is 5.92. The van der Waals surface area contributed by atoms with Crippen molar-refractivity contribution in [3.63, 3.8) is 0 Å². The van der Waals surface area contributed by atoms with Crippen LogP contribution >= 0.6 is 0 Å². The second kappa shape index (κ2) is 10.3. The Kier molecular flexibility index (Phi) is 6.62. The number of nitrogens with zero attached hydrogens (tertiary/aromatic N) is 6. The Hall–Kier alpha value is -3.71. The molecule has 1 atom stereocenters. The summed E-state index contributed by atoms with van der Waals surface area (Å²) in [5.41, 5.74) is 12.8.